The van der Waals surface area contributed by atoms with Gasteiger partial charge in [-0.3, -0.25) is 9.59 Å². The molecule has 0 aliphatic heterocycles. The zero-order valence-corrected chi connectivity index (χ0v) is 12.0. The smallest absolute Gasteiger partial charge is 0.326 e. The molecule has 4 N–H and O–H groups in total. The molecule has 0 aromatic heterocycles. The molecule has 0 bridgehead atoms. The van der Waals surface area contributed by atoms with Crippen LogP contribution in [0.1, 0.15) is 19.4 Å². The monoisotopic (exact) mass is 297 g/mol. The van der Waals surface area contributed by atoms with Crippen molar-refractivity contribution in [2.24, 2.45) is 5.73 Å². The van der Waals surface area contributed by atoms with Crippen molar-refractivity contribution in [2.75, 3.05) is 13.2 Å². The summed E-state index contributed by atoms with van der Waals surface area (Å²) in [4.78, 5) is 22.4. The molecule has 1 aromatic carbocycles. The predicted octanol–water partition coefficient (Wildman–Crippen LogP) is 0.464. The van der Waals surface area contributed by atoms with Gasteiger partial charge in [-0.25, -0.2) is 0 Å². The second kappa shape index (κ2) is 6.94. The molecule has 1 atom stereocenters. The van der Waals surface area contributed by atoms with E-state index in [4.69, 9.17) is 10.5 Å². The van der Waals surface area contributed by atoms with E-state index >= 15 is 0 Å². The highest BCUT2D eigenvalue weighted by Crippen LogP contribution is 2.26. The molecule has 0 saturated heterocycles. The quantitative estimate of drug-likeness (QED) is 0.396. The van der Waals surface area contributed by atoms with E-state index < -0.39 is 17.5 Å². The first-order chi connectivity index (χ1) is 9.72. The predicted molar refractivity (Wildman–Crippen MR) is 73.7 cm³/mol. The van der Waals surface area contributed by atoms with Crippen LogP contribution in [0.25, 0.3) is 0 Å². The minimum absolute atomic E-state index is 0.0306. The zero-order chi connectivity index (χ0) is 16.0. The van der Waals surface area contributed by atoms with Crippen LogP contribution in [0.3, 0.4) is 0 Å². The molecule has 7 heteroatoms. The van der Waals surface area contributed by atoms with Crippen molar-refractivity contribution in [3.05, 3.63) is 23.8 Å². The number of carbonyl (C=O) groups excluding carboxylic acids is 2. The van der Waals surface area contributed by atoms with Crippen molar-refractivity contribution < 1.29 is 29.3 Å². The van der Waals surface area contributed by atoms with Gasteiger partial charge >= 0.3 is 11.9 Å². The third kappa shape index (κ3) is 5.31. The summed E-state index contributed by atoms with van der Waals surface area (Å²) >= 11 is 0. The largest absolute Gasteiger partial charge is 0.504 e. The summed E-state index contributed by atoms with van der Waals surface area (Å²) in [5.74, 6) is -1.64. The lowest BCUT2D eigenvalue weighted by Gasteiger charge is -2.22. The van der Waals surface area contributed by atoms with Crippen LogP contribution >= 0.6 is 0 Å². The molecule has 116 valence electrons. The van der Waals surface area contributed by atoms with Crippen LogP contribution in [0.4, 0.5) is 0 Å². The summed E-state index contributed by atoms with van der Waals surface area (Å²) < 4.78 is 9.56. The minimum atomic E-state index is -1.31. The first-order valence-electron chi connectivity index (χ1n) is 6.32. The van der Waals surface area contributed by atoms with E-state index in [0.29, 0.717) is 5.56 Å². The maximum Gasteiger partial charge on any atom is 0.326 e. The Morgan fingerprint density at radius 3 is 2.38 bits per heavy atom. The SMILES string of the molecule is CC(=O)OCCOC(=O)C(C)(N)Cc1ccc(O)c(O)c1. The first kappa shape index (κ1) is 16.8. The number of nitrogens with two attached hydrogens (primary N) is 1. The molecule has 0 amide bonds. The Kier molecular flexibility index (Phi) is 5.54. The molecular weight excluding hydrogens is 278 g/mol. The van der Waals surface area contributed by atoms with Crippen LogP contribution in [0.15, 0.2) is 18.2 Å². The molecular formula is C14H19NO6. The fourth-order valence-corrected chi connectivity index (χ4v) is 1.66. The van der Waals surface area contributed by atoms with E-state index in [2.05, 4.69) is 4.74 Å². The molecule has 1 unspecified atom stereocenters. The third-order valence-corrected chi connectivity index (χ3v) is 2.70. The number of hydrogen-bond acceptors (Lipinski definition) is 7. The first-order valence-corrected chi connectivity index (χ1v) is 6.32. The maximum atomic E-state index is 11.9. The molecule has 0 aliphatic carbocycles. The van der Waals surface area contributed by atoms with Crippen LogP contribution in [-0.4, -0.2) is 40.9 Å². The minimum Gasteiger partial charge on any atom is -0.504 e. The molecule has 0 spiro atoms. The fourth-order valence-electron chi connectivity index (χ4n) is 1.66. The van der Waals surface area contributed by atoms with Crippen LogP contribution in [0, 0.1) is 0 Å². The Morgan fingerprint density at radius 2 is 1.81 bits per heavy atom. The summed E-state index contributed by atoms with van der Waals surface area (Å²) in [6.45, 7) is 2.64. The Morgan fingerprint density at radius 1 is 1.19 bits per heavy atom. The van der Waals surface area contributed by atoms with Gasteiger partial charge in [-0.1, -0.05) is 6.07 Å². The molecule has 1 aromatic rings. The van der Waals surface area contributed by atoms with E-state index in [0.717, 1.165) is 0 Å². The summed E-state index contributed by atoms with van der Waals surface area (Å²) in [5.41, 5.74) is 5.17. The number of phenolic OH excluding ortho intramolecular Hbond substituents is 2. The van der Waals surface area contributed by atoms with Crippen LogP contribution in [-0.2, 0) is 25.5 Å². The molecule has 0 saturated carbocycles. The van der Waals surface area contributed by atoms with E-state index in [-0.39, 0.29) is 31.1 Å². The van der Waals surface area contributed by atoms with Crippen LogP contribution < -0.4 is 5.73 Å². The van der Waals surface area contributed by atoms with Crippen molar-refractivity contribution in [2.45, 2.75) is 25.8 Å². The normalized spacial score (nSPS) is 13.3. The van der Waals surface area contributed by atoms with Crippen molar-refractivity contribution in [1.82, 2.24) is 0 Å². The van der Waals surface area contributed by atoms with E-state index in [9.17, 15) is 19.8 Å². The van der Waals surface area contributed by atoms with Crippen LogP contribution in [0.2, 0.25) is 0 Å². The van der Waals surface area contributed by atoms with Gasteiger partial charge in [-0.2, -0.15) is 0 Å². The average Bonchev–Trinajstić information content (AvgIpc) is 2.38. The Hall–Kier alpha value is -2.28. The third-order valence-electron chi connectivity index (χ3n) is 2.70. The summed E-state index contributed by atoms with van der Waals surface area (Å²) in [7, 11) is 0. The standard InChI is InChI=1S/C14H19NO6/c1-9(16)20-5-6-21-13(19)14(2,15)8-10-3-4-11(17)12(18)7-10/h3-4,7,17-18H,5-6,8,15H2,1-2H3. The molecule has 7 nitrogen and oxygen atoms in total. The average molecular weight is 297 g/mol. The summed E-state index contributed by atoms with van der Waals surface area (Å²) in [6, 6.07) is 4.19. The lowest BCUT2D eigenvalue weighted by atomic mass is 9.94. The van der Waals surface area contributed by atoms with Crippen LogP contribution in [0.5, 0.6) is 11.5 Å². The van der Waals surface area contributed by atoms with Gasteiger partial charge in [-0.15, -0.1) is 0 Å². The highest BCUT2D eigenvalue weighted by Gasteiger charge is 2.30. The van der Waals surface area contributed by atoms with Gasteiger partial charge in [0, 0.05) is 13.3 Å². The number of esters is 2. The summed E-state index contributed by atoms with van der Waals surface area (Å²) in [6.07, 6.45) is 0.118. The van der Waals surface area contributed by atoms with E-state index in [1.54, 1.807) is 6.07 Å². The van der Waals surface area contributed by atoms with Gasteiger partial charge in [0.2, 0.25) is 0 Å². The molecule has 0 radical (unpaired) electrons. The Balaban J connectivity index is 2.56. The van der Waals surface area contributed by atoms with Gasteiger partial charge in [0.15, 0.2) is 11.5 Å². The van der Waals surface area contributed by atoms with Crippen molar-refractivity contribution in [3.63, 3.8) is 0 Å². The second-order valence-electron chi connectivity index (χ2n) is 4.89. The Bertz CT molecular complexity index is 526. The lowest BCUT2D eigenvalue weighted by Crippen LogP contribution is -2.48. The topological polar surface area (TPSA) is 119 Å². The van der Waals surface area contributed by atoms with Gasteiger partial charge < -0.3 is 25.4 Å². The summed E-state index contributed by atoms with van der Waals surface area (Å²) in [5, 5.41) is 18.6. The molecule has 1 rings (SSSR count). The molecule has 0 fully saturated rings. The maximum absolute atomic E-state index is 11.9. The lowest BCUT2D eigenvalue weighted by molar-refractivity contribution is -0.154. The van der Waals surface area contributed by atoms with Crippen molar-refractivity contribution >= 4 is 11.9 Å². The highest BCUT2D eigenvalue weighted by atomic mass is 16.6. The van der Waals surface area contributed by atoms with Gasteiger partial charge in [0.05, 0.1) is 0 Å². The van der Waals surface area contributed by atoms with Gasteiger partial charge in [0.1, 0.15) is 18.8 Å². The number of benzene rings is 1. The zero-order valence-electron chi connectivity index (χ0n) is 12.0. The van der Waals surface area contributed by atoms with E-state index in [1.165, 1.54) is 26.0 Å². The second-order valence-corrected chi connectivity index (χ2v) is 4.89. The Labute approximate surface area is 122 Å². The van der Waals surface area contributed by atoms with E-state index in [1.807, 2.05) is 0 Å². The molecule has 0 aliphatic rings. The number of aromatic hydroxyl groups is 2. The number of hydrogen-bond donors (Lipinski definition) is 3. The number of phenols is 2. The van der Waals surface area contributed by atoms with Crippen molar-refractivity contribution in [3.8, 4) is 11.5 Å². The number of carbonyl (C=O) groups is 2. The number of rotatable bonds is 6. The highest BCUT2D eigenvalue weighted by molar-refractivity contribution is 5.80. The van der Waals surface area contributed by atoms with Gasteiger partial charge in [0.25, 0.3) is 0 Å². The van der Waals surface area contributed by atoms with Crippen molar-refractivity contribution in [1.29, 1.82) is 0 Å². The molecule has 0 heterocycles. The fraction of sp³-hybridized carbons (Fsp3) is 0.429. The molecule has 21 heavy (non-hydrogen) atoms. The number of ether oxygens (including phenoxy) is 2. The van der Waals surface area contributed by atoms with Gasteiger partial charge in [-0.05, 0) is 24.6 Å².